The second-order valence-corrected chi connectivity index (χ2v) is 4.76. The van der Waals surface area contributed by atoms with Gasteiger partial charge in [0.2, 0.25) is 0 Å². The highest BCUT2D eigenvalue weighted by Gasteiger charge is 2.16. The van der Waals surface area contributed by atoms with E-state index < -0.39 is 0 Å². The summed E-state index contributed by atoms with van der Waals surface area (Å²) in [7, 11) is 0. The Labute approximate surface area is 92.1 Å². The SMILES string of the molecule is Cc1cnc(CN2CCCC2)n1C(C)C. The maximum Gasteiger partial charge on any atom is 0.123 e. The van der Waals surface area contributed by atoms with E-state index in [9.17, 15) is 0 Å². The van der Waals surface area contributed by atoms with Crippen LogP contribution in [0.3, 0.4) is 0 Å². The van der Waals surface area contributed by atoms with Crippen LogP contribution < -0.4 is 0 Å². The van der Waals surface area contributed by atoms with Crippen LogP contribution in [0.2, 0.25) is 0 Å². The fourth-order valence-corrected chi connectivity index (χ4v) is 2.46. The highest BCUT2D eigenvalue weighted by atomic mass is 15.2. The first-order valence-corrected chi connectivity index (χ1v) is 5.93. The molecule has 0 saturated carbocycles. The van der Waals surface area contributed by atoms with Gasteiger partial charge in [0.05, 0.1) is 6.54 Å². The van der Waals surface area contributed by atoms with Crippen molar-refractivity contribution in [2.24, 2.45) is 0 Å². The zero-order valence-corrected chi connectivity index (χ0v) is 10.0. The summed E-state index contributed by atoms with van der Waals surface area (Å²) in [5.41, 5.74) is 1.28. The molecule has 0 N–H and O–H groups in total. The number of aryl methyl sites for hydroxylation is 1. The average Bonchev–Trinajstić information content (AvgIpc) is 2.76. The molecule has 3 heteroatoms. The molecule has 0 amide bonds. The molecule has 0 aromatic carbocycles. The fraction of sp³-hybridized carbons (Fsp3) is 0.750. The molecular formula is C12H21N3. The van der Waals surface area contributed by atoms with Crippen molar-refractivity contribution in [2.75, 3.05) is 13.1 Å². The predicted molar refractivity (Wildman–Crippen MR) is 61.9 cm³/mol. The van der Waals surface area contributed by atoms with Crippen LogP contribution in [0.1, 0.15) is 44.2 Å². The summed E-state index contributed by atoms with van der Waals surface area (Å²) in [6, 6.07) is 0.519. The Hall–Kier alpha value is -0.830. The third kappa shape index (κ3) is 2.23. The number of rotatable bonds is 3. The summed E-state index contributed by atoms with van der Waals surface area (Å²) >= 11 is 0. The largest absolute Gasteiger partial charge is 0.329 e. The van der Waals surface area contributed by atoms with Crippen LogP contribution in [0.25, 0.3) is 0 Å². The van der Waals surface area contributed by atoms with Gasteiger partial charge in [-0.25, -0.2) is 4.98 Å². The molecule has 0 spiro atoms. The lowest BCUT2D eigenvalue weighted by atomic mass is 10.3. The van der Waals surface area contributed by atoms with Crippen molar-refractivity contribution in [3.63, 3.8) is 0 Å². The molecule has 0 unspecified atom stereocenters. The number of nitrogens with zero attached hydrogens (tertiary/aromatic N) is 3. The third-order valence-corrected chi connectivity index (χ3v) is 3.14. The van der Waals surface area contributed by atoms with Crippen LogP contribution in [0.5, 0.6) is 0 Å². The van der Waals surface area contributed by atoms with Crippen LogP contribution in [0.15, 0.2) is 6.20 Å². The van der Waals surface area contributed by atoms with E-state index in [-0.39, 0.29) is 0 Å². The van der Waals surface area contributed by atoms with Crippen LogP contribution >= 0.6 is 0 Å². The molecule has 3 nitrogen and oxygen atoms in total. The van der Waals surface area contributed by atoms with E-state index >= 15 is 0 Å². The lowest BCUT2D eigenvalue weighted by Crippen LogP contribution is -2.22. The molecule has 1 aliphatic rings. The standard InChI is InChI=1S/C12H21N3/c1-10(2)15-11(3)8-13-12(15)9-14-6-4-5-7-14/h8,10H,4-7,9H2,1-3H3. The minimum atomic E-state index is 0.519. The topological polar surface area (TPSA) is 21.1 Å². The number of imidazole rings is 1. The Morgan fingerprint density at radius 1 is 1.33 bits per heavy atom. The number of hydrogen-bond donors (Lipinski definition) is 0. The molecule has 1 aliphatic heterocycles. The summed E-state index contributed by atoms with van der Waals surface area (Å²) in [6.45, 7) is 10.1. The Bertz CT molecular complexity index is 322. The van der Waals surface area contributed by atoms with Gasteiger partial charge in [-0.3, -0.25) is 4.90 Å². The van der Waals surface area contributed by atoms with Crippen LogP contribution in [0.4, 0.5) is 0 Å². The Balaban J connectivity index is 2.13. The van der Waals surface area contributed by atoms with Crippen LogP contribution in [-0.2, 0) is 6.54 Å². The Morgan fingerprint density at radius 2 is 2.00 bits per heavy atom. The molecule has 2 rings (SSSR count). The van der Waals surface area contributed by atoms with E-state index in [0.717, 1.165) is 6.54 Å². The molecule has 0 aliphatic carbocycles. The molecule has 0 bridgehead atoms. The van der Waals surface area contributed by atoms with Gasteiger partial charge in [0.15, 0.2) is 0 Å². The molecule has 0 atom stereocenters. The maximum absolute atomic E-state index is 4.52. The lowest BCUT2D eigenvalue weighted by Gasteiger charge is -2.18. The number of likely N-dealkylation sites (tertiary alicyclic amines) is 1. The molecule has 1 fully saturated rings. The smallest absolute Gasteiger partial charge is 0.123 e. The first kappa shape index (κ1) is 10.7. The van der Waals surface area contributed by atoms with Crippen LogP contribution in [-0.4, -0.2) is 27.5 Å². The van der Waals surface area contributed by atoms with E-state index in [1.165, 1.54) is 37.4 Å². The minimum Gasteiger partial charge on any atom is -0.329 e. The van der Waals surface area contributed by atoms with Gasteiger partial charge in [-0.15, -0.1) is 0 Å². The lowest BCUT2D eigenvalue weighted by molar-refractivity contribution is 0.312. The van der Waals surface area contributed by atoms with E-state index in [0.29, 0.717) is 6.04 Å². The van der Waals surface area contributed by atoms with Gasteiger partial charge < -0.3 is 4.57 Å². The van der Waals surface area contributed by atoms with Gasteiger partial charge in [-0.2, -0.15) is 0 Å². The summed E-state index contributed by atoms with van der Waals surface area (Å²) in [4.78, 5) is 7.02. The second-order valence-electron chi connectivity index (χ2n) is 4.76. The molecule has 2 heterocycles. The van der Waals surface area contributed by atoms with Gasteiger partial charge in [0.25, 0.3) is 0 Å². The molecule has 1 saturated heterocycles. The van der Waals surface area contributed by atoms with Gasteiger partial charge in [-0.1, -0.05) is 0 Å². The first-order chi connectivity index (χ1) is 7.18. The number of aromatic nitrogens is 2. The Morgan fingerprint density at radius 3 is 2.60 bits per heavy atom. The molecule has 1 aromatic heterocycles. The van der Waals surface area contributed by atoms with E-state index in [1.54, 1.807) is 0 Å². The monoisotopic (exact) mass is 207 g/mol. The van der Waals surface area contributed by atoms with Gasteiger partial charge in [0.1, 0.15) is 5.82 Å². The average molecular weight is 207 g/mol. The summed E-state index contributed by atoms with van der Waals surface area (Å²) in [6.07, 6.45) is 4.69. The van der Waals surface area contributed by atoms with Crippen molar-refractivity contribution in [1.29, 1.82) is 0 Å². The number of hydrogen-bond acceptors (Lipinski definition) is 2. The highest BCUT2D eigenvalue weighted by Crippen LogP contribution is 2.17. The quantitative estimate of drug-likeness (QED) is 0.758. The Kier molecular flexibility index (Phi) is 3.10. The summed E-state index contributed by atoms with van der Waals surface area (Å²) in [5.74, 6) is 1.23. The van der Waals surface area contributed by atoms with Crippen molar-refractivity contribution >= 4 is 0 Å². The molecule has 1 aromatic rings. The normalized spacial score (nSPS) is 17.9. The van der Waals surface area contributed by atoms with Crippen molar-refractivity contribution in [2.45, 2.75) is 46.2 Å². The first-order valence-electron chi connectivity index (χ1n) is 5.93. The predicted octanol–water partition coefficient (Wildman–Crippen LogP) is 2.37. The van der Waals surface area contributed by atoms with E-state index in [2.05, 4.69) is 35.2 Å². The van der Waals surface area contributed by atoms with Crippen molar-refractivity contribution in [3.05, 3.63) is 17.7 Å². The van der Waals surface area contributed by atoms with Gasteiger partial charge in [-0.05, 0) is 46.7 Å². The van der Waals surface area contributed by atoms with Gasteiger partial charge in [0, 0.05) is 17.9 Å². The van der Waals surface area contributed by atoms with Gasteiger partial charge >= 0.3 is 0 Å². The molecule has 15 heavy (non-hydrogen) atoms. The van der Waals surface area contributed by atoms with E-state index in [1.807, 2.05) is 6.20 Å². The zero-order chi connectivity index (χ0) is 10.8. The fourth-order valence-electron chi connectivity index (χ4n) is 2.46. The maximum atomic E-state index is 4.52. The minimum absolute atomic E-state index is 0.519. The second kappa shape index (κ2) is 4.35. The van der Waals surface area contributed by atoms with Crippen molar-refractivity contribution in [1.82, 2.24) is 14.5 Å². The molecule has 0 radical (unpaired) electrons. The zero-order valence-electron chi connectivity index (χ0n) is 10.0. The molecule has 84 valence electrons. The van der Waals surface area contributed by atoms with Crippen molar-refractivity contribution in [3.8, 4) is 0 Å². The highest BCUT2D eigenvalue weighted by molar-refractivity contribution is 5.05. The van der Waals surface area contributed by atoms with Crippen LogP contribution in [0, 0.1) is 6.92 Å². The summed E-state index contributed by atoms with van der Waals surface area (Å²) in [5, 5.41) is 0. The van der Waals surface area contributed by atoms with Crippen molar-refractivity contribution < 1.29 is 0 Å². The third-order valence-electron chi connectivity index (χ3n) is 3.14. The summed E-state index contributed by atoms with van der Waals surface area (Å²) < 4.78 is 2.35. The molecular weight excluding hydrogens is 186 g/mol. The van der Waals surface area contributed by atoms with E-state index in [4.69, 9.17) is 0 Å².